The molecule has 16 heavy (non-hydrogen) atoms. The maximum atomic E-state index is 11.6. The van der Waals surface area contributed by atoms with Crippen LogP contribution in [0.2, 0.25) is 0 Å². The Kier molecular flexibility index (Phi) is 5.50. The number of rotatable bonds is 4. The largest absolute Gasteiger partial charge is 0.461 e. The van der Waals surface area contributed by atoms with E-state index in [1.807, 2.05) is 13.8 Å². The molecule has 0 aromatic carbocycles. The molecule has 1 aliphatic carbocycles. The van der Waals surface area contributed by atoms with Gasteiger partial charge in [0, 0.05) is 6.42 Å². The van der Waals surface area contributed by atoms with Crippen molar-refractivity contribution in [1.29, 1.82) is 0 Å². The van der Waals surface area contributed by atoms with Gasteiger partial charge in [-0.05, 0) is 32.1 Å². The van der Waals surface area contributed by atoms with Crippen molar-refractivity contribution in [2.24, 2.45) is 0 Å². The maximum absolute atomic E-state index is 11.6. The van der Waals surface area contributed by atoms with Gasteiger partial charge in [0.2, 0.25) is 0 Å². The summed E-state index contributed by atoms with van der Waals surface area (Å²) in [6.07, 6.45) is 4.71. The molecule has 94 valence electrons. The first-order valence-corrected chi connectivity index (χ1v) is 7.32. The lowest BCUT2D eigenvalue weighted by Crippen LogP contribution is -2.39. The van der Waals surface area contributed by atoms with Crippen LogP contribution in [-0.2, 0) is 9.53 Å². The zero-order valence-corrected chi connectivity index (χ0v) is 12.2. The predicted octanol–water partition coefficient (Wildman–Crippen LogP) is 2.83. The summed E-state index contributed by atoms with van der Waals surface area (Å²) >= 11 is 2.11. The van der Waals surface area contributed by atoms with E-state index >= 15 is 0 Å². The molecule has 0 radical (unpaired) electrons. The van der Waals surface area contributed by atoms with Gasteiger partial charge in [-0.25, -0.2) is 0 Å². The summed E-state index contributed by atoms with van der Waals surface area (Å²) in [5.74, 6) is -0.131. The average molecular weight is 340 g/mol. The van der Waals surface area contributed by atoms with E-state index in [9.17, 15) is 9.90 Å². The minimum atomic E-state index is -0.615. The molecule has 0 saturated heterocycles. The number of ether oxygens (including phenoxy) is 1. The molecule has 0 aliphatic heterocycles. The van der Waals surface area contributed by atoms with E-state index in [1.54, 1.807) is 0 Å². The van der Waals surface area contributed by atoms with Crippen LogP contribution in [0.4, 0.5) is 0 Å². The minimum absolute atomic E-state index is 0.0609. The van der Waals surface area contributed by atoms with Crippen LogP contribution in [0.25, 0.3) is 0 Å². The lowest BCUT2D eigenvalue weighted by atomic mass is 9.81. The van der Waals surface area contributed by atoms with Crippen molar-refractivity contribution >= 4 is 28.6 Å². The molecule has 4 heteroatoms. The Balaban J connectivity index is 2.46. The van der Waals surface area contributed by atoms with Crippen molar-refractivity contribution in [3.05, 3.63) is 0 Å². The highest BCUT2D eigenvalue weighted by atomic mass is 127. The SMILES string of the molecule is CCC(I)C(=O)OC1CCCC(O)(CC)C1. The molecule has 1 N–H and O–H groups in total. The van der Waals surface area contributed by atoms with Crippen molar-refractivity contribution < 1.29 is 14.6 Å². The second-order valence-corrected chi connectivity index (χ2v) is 6.11. The lowest BCUT2D eigenvalue weighted by molar-refractivity contribution is -0.154. The van der Waals surface area contributed by atoms with E-state index in [-0.39, 0.29) is 16.0 Å². The van der Waals surface area contributed by atoms with Crippen molar-refractivity contribution in [2.75, 3.05) is 0 Å². The number of hydrogen-bond donors (Lipinski definition) is 1. The third-order valence-corrected chi connectivity index (χ3v) is 4.72. The molecule has 1 rings (SSSR count). The minimum Gasteiger partial charge on any atom is -0.461 e. The maximum Gasteiger partial charge on any atom is 0.319 e. The van der Waals surface area contributed by atoms with Crippen LogP contribution >= 0.6 is 22.6 Å². The van der Waals surface area contributed by atoms with E-state index < -0.39 is 5.60 Å². The fourth-order valence-electron chi connectivity index (χ4n) is 2.11. The number of aliphatic hydroxyl groups is 1. The average Bonchev–Trinajstić information content (AvgIpc) is 2.28. The Morgan fingerprint density at radius 1 is 1.62 bits per heavy atom. The molecule has 3 unspecified atom stereocenters. The van der Waals surface area contributed by atoms with Gasteiger partial charge in [0.15, 0.2) is 0 Å². The summed E-state index contributed by atoms with van der Waals surface area (Å²) < 4.78 is 5.37. The topological polar surface area (TPSA) is 46.5 Å². The van der Waals surface area contributed by atoms with Gasteiger partial charge in [0.05, 0.1) is 5.60 Å². The van der Waals surface area contributed by atoms with Crippen LogP contribution in [0.15, 0.2) is 0 Å². The molecular weight excluding hydrogens is 319 g/mol. The number of carbonyl (C=O) groups excluding carboxylic acids is 1. The summed E-state index contributed by atoms with van der Waals surface area (Å²) in [7, 11) is 0. The normalized spacial score (nSPS) is 32.1. The van der Waals surface area contributed by atoms with Crippen molar-refractivity contribution in [3.8, 4) is 0 Å². The first-order valence-electron chi connectivity index (χ1n) is 6.07. The number of carbonyl (C=O) groups is 1. The van der Waals surface area contributed by atoms with E-state index in [0.717, 1.165) is 32.1 Å². The van der Waals surface area contributed by atoms with Gasteiger partial charge < -0.3 is 9.84 Å². The second-order valence-electron chi connectivity index (χ2n) is 4.61. The van der Waals surface area contributed by atoms with Gasteiger partial charge in [-0.3, -0.25) is 4.79 Å². The molecule has 3 atom stereocenters. The van der Waals surface area contributed by atoms with E-state index in [2.05, 4.69) is 22.6 Å². The fourth-order valence-corrected chi connectivity index (χ4v) is 2.26. The third-order valence-electron chi connectivity index (χ3n) is 3.33. The highest BCUT2D eigenvalue weighted by Crippen LogP contribution is 2.32. The summed E-state index contributed by atoms with van der Waals surface area (Å²) in [5.41, 5.74) is -0.615. The Bertz CT molecular complexity index is 244. The van der Waals surface area contributed by atoms with Crippen molar-refractivity contribution in [3.63, 3.8) is 0 Å². The number of halogens is 1. The zero-order chi connectivity index (χ0) is 12.2. The summed E-state index contributed by atoms with van der Waals surface area (Å²) in [5, 5.41) is 10.2. The first kappa shape index (κ1) is 14.2. The van der Waals surface area contributed by atoms with Gasteiger partial charge in [0.1, 0.15) is 10.0 Å². The molecule has 1 fully saturated rings. The molecule has 1 saturated carbocycles. The van der Waals surface area contributed by atoms with Crippen LogP contribution in [0.1, 0.15) is 52.4 Å². The van der Waals surface area contributed by atoms with Gasteiger partial charge in [-0.2, -0.15) is 0 Å². The Hall–Kier alpha value is 0.160. The van der Waals surface area contributed by atoms with E-state index in [0.29, 0.717) is 6.42 Å². The molecule has 1 aliphatic rings. The second kappa shape index (κ2) is 6.19. The highest BCUT2D eigenvalue weighted by Gasteiger charge is 2.35. The van der Waals surface area contributed by atoms with E-state index in [4.69, 9.17) is 4.74 Å². The molecule has 3 nitrogen and oxygen atoms in total. The van der Waals surface area contributed by atoms with Crippen LogP contribution in [0, 0.1) is 0 Å². The molecule has 0 bridgehead atoms. The number of alkyl halides is 1. The van der Waals surface area contributed by atoms with Crippen LogP contribution in [0.5, 0.6) is 0 Å². The number of hydrogen-bond acceptors (Lipinski definition) is 3. The van der Waals surface area contributed by atoms with Gasteiger partial charge in [0.25, 0.3) is 0 Å². The molecule has 0 amide bonds. The van der Waals surface area contributed by atoms with Crippen LogP contribution in [0.3, 0.4) is 0 Å². The summed E-state index contributed by atoms with van der Waals surface area (Å²) in [6.45, 7) is 3.96. The monoisotopic (exact) mass is 340 g/mol. The van der Waals surface area contributed by atoms with Crippen LogP contribution < -0.4 is 0 Å². The van der Waals surface area contributed by atoms with Crippen LogP contribution in [-0.4, -0.2) is 26.7 Å². The van der Waals surface area contributed by atoms with Gasteiger partial charge >= 0.3 is 5.97 Å². The van der Waals surface area contributed by atoms with Gasteiger partial charge in [-0.1, -0.05) is 36.4 Å². The molecule has 0 heterocycles. The smallest absolute Gasteiger partial charge is 0.319 e. The Morgan fingerprint density at radius 3 is 2.88 bits per heavy atom. The lowest BCUT2D eigenvalue weighted by Gasteiger charge is -2.35. The standard InChI is InChI=1S/C12H21IO3/c1-3-10(13)11(14)16-9-6-5-7-12(15,4-2)8-9/h9-10,15H,3-8H2,1-2H3. The summed E-state index contributed by atoms with van der Waals surface area (Å²) in [4.78, 5) is 11.6. The predicted molar refractivity (Wildman–Crippen MR) is 71.7 cm³/mol. The fraction of sp³-hybridized carbons (Fsp3) is 0.917. The van der Waals surface area contributed by atoms with Gasteiger partial charge in [-0.15, -0.1) is 0 Å². The molecular formula is C12H21IO3. The third kappa shape index (κ3) is 3.87. The Labute approximate surface area is 111 Å². The van der Waals surface area contributed by atoms with Crippen molar-refractivity contribution in [2.45, 2.75) is 68.0 Å². The molecule has 0 aromatic heterocycles. The molecule has 0 spiro atoms. The quantitative estimate of drug-likeness (QED) is 0.486. The zero-order valence-electron chi connectivity index (χ0n) is 10.0. The first-order chi connectivity index (χ1) is 7.50. The van der Waals surface area contributed by atoms with Crippen molar-refractivity contribution in [1.82, 2.24) is 0 Å². The highest BCUT2D eigenvalue weighted by molar-refractivity contribution is 14.1. The Morgan fingerprint density at radius 2 is 2.31 bits per heavy atom. The number of esters is 1. The molecule has 0 aromatic rings. The summed E-state index contributed by atoms with van der Waals surface area (Å²) in [6, 6.07) is 0. The van der Waals surface area contributed by atoms with E-state index in [1.165, 1.54) is 0 Å².